The standard InChI is InChI=1S/C19H18N2O4S2/c1-3-12-21-16-11-10-14(18(22)25-4-2)13-17(16)26-19(21)20-27(23,24)15-8-6-5-7-9-15/h3,5-11,13H,1,4,12H2,2H3/b20-19-. The molecule has 6 nitrogen and oxygen atoms in total. The Labute approximate surface area is 161 Å². The molecule has 8 heteroatoms. The second kappa shape index (κ2) is 7.89. The van der Waals surface area contributed by atoms with Gasteiger partial charge in [-0.05, 0) is 37.3 Å². The Morgan fingerprint density at radius 3 is 2.67 bits per heavy atom. The van der Waals surface area contributed by atoms with Crippen LogP contribution >= 0.6 is 11.3 Å². The van der Waals surface area contributed by atoms with E-state index in [2.05, 4.69) is 11.0 Å². The molecule has 0 radical (unpaired) electrons. The van der Waals surface area contributed by atoms with Crippen LogP contribution in [0.5, 0.6) is 0 Å². The Morgan fingerprint density at radius 1 is 1.26 bits per heavy atom. The van der Waals surface area contributed by atoms with Gasteiger partial charge in [-0.3, -0.25) is 0 Å². The summed E-state index contributed by atoms with van der Waals surface area (Å²) in [6.07, 6.45) is 1.67. The minimum Gasteiger partial charge on any atom is -0.462 e. The Hall–Kier alpha value is -2.71. The first-order valence-corrected chi connectivity index (χ1v) is 10.5. The smallest absolute Gasteiger partial charge is 0.338 e. The normalized spacial score (nSPS) is 12.3. The van der Waals surface area contributed by atoms with Gasteiger partial charge in [0.05, 0.1) is 27.3 Å². The fourth-order valence-electron chi connectivity index (χ4n) is 2.54. The van der Waals surface area contributed by atoms with Gasteiger partial charge in [-0.1, -0.05) is 35.6 Å². The zero-order valence-electron chi connectivity index (χ0n) is 14.7. The van der Waals surface area contributed by atoms with Gasteiger partial charge < -0.3 is 9.30 Å². The topological polar surface area (TPSA) is 77.7 Å². The van der Waals surface area contributed by atoms with E-state index in [-0.39, 0.29) is 11.5 Å². The van der Waals surface area contributed by atoms with E-state index in [4.69, 9.17) is 4.74 Å². The van der Waals surface area contributed by atoms with Gasteiger partial charge in [-0.25, -0.2) is 4.79 Å². The van der Waals surface area contributed by atoms with Crippen molar-refractivity contribution in [2.45, 2.75) is 18.4 Å². The van der Waals surface area contributed by atoms with Crippen molar-refractivity contribution in [2.24, 2.45) is 4.40 Å². The highest BCUT2D eigenvalue weighted by Gasteiger charge is 2.15. The number of rotatable bonds is 6. The first kappa shape index (κ1) is 19.1. The van der Waals surface area contributed by atoms with Gasteiger partial charge in [0.25, 0.3) is 10.0 Å². The number of fused-ring (bicyclic) bond motifs is 1. The summed E-state index contributed by atoms with van der Waals surface area (Å²) in [5, 5.41) is 0. The predicted molar refractivity (Wildman–Crippen MR) is 105 cm³/mol. The molecule has 2 aromatic carbocycles. The van der Waals surface area contributed by atoms with Gasteiger partial charge in [0.2, 0.25) is 4.80 Å². The first-order chi connectivity index (χ1) is 13.0. The van der Waals surface area contributed by atoms with E-state index in [9.17, 15) is 13.2 Å². The molecule has 0 aliphatic carbocycles. The third-order valence-corrected chi connectivity index (χ3v) is 6.18. The van der Waals surface area contributed by atoms with Crippen LogP contribution in [0.15, 0.2) is 70.5 Å². The number of nitrogens with zero attached hydrogens (tertiary/aromatic N) is 2. The Bertz CT molecular complexity index is 1160. The zero-order chi connectivity index (χ0) is 19.4. The highest BCUT2D eigenvalue weighted by atomic mass is 32.2. The fourth-order valence-corrected chi connectivity index (χ4v) is 4.84. The molecule has 27 heavy (non-hydrogen) atoms. The van der Waals surface area contributed by atoms with Gasteiger partial charge in [0.1, 0.15) is 0 Å². The van der Waals surface area contributed by atoms with Crippen molar-refractivity contribution in [3.8, 4) is 0 Å². The molecule has 0 aliphatic rings. The SMILES string of the molecule is C=CCn1/c(=N/S(=O)(=O)c2ccccc2)sc2cc(C(=O)OCC)ccc21. The molecule has 0 spiro atoms. The quantitative estimate of drug-likeness (QED) is 0.468. The molecule has 0 unspecified atom stereocenters. The van der Waals surface area contributed by atoms with E-state index in [1.165, 1.54) is 23.5 Å². The number of aromatic nitrogens is 1. The van der Waals surface area contributed by atoms with Crippen LogP contribution in [0.2, 0.25) is 0 Å². The molecule has 0 saturated heterocycles. The molecule has 0 aliphatic heterocycles. The number of hydrogen-bond acceptors (Lipinski definition) is 5. The molecule has 0 amide bonds. The average Bonchev–Trinajstić information content (AvgIpc) is 2.99. The van der Waals surface area contributed by atoms with Crippen molar-refractivity contribution in [3.63, 3.8) is 0 Å². The van der Waals surface area contributed by atoms with Crippen LogP contribution in [-0.2, 0) is 21.3 Å². The number of thiazole rings is 1. The lowest BCUT2D eigenvalue weighted by molar-refractivity contribution is 0.0526. The summed E-state index contributed by atoms with van der Waals surface area (Å²) < 4.78 is 36.8. The van der Waals surface area contributed by atoms with Gasteiger partial charge in [0.15, 0.2) is 0 Å². The molecule has 1 heterocycles. The van der Waals surface area contributed by atoms with Gasteiger partial charge in [0, 0.05) is 6.54 Å². The summed E-state index contributed by atoms with van der Waals surface area (Å²) in [5.41, 5.74) is 1.18. The van der Waals surface area contributed by atoms with Crippen molar-refractivity contribution >= 4 is 37.5 Å². The molecule has 0 atom stereocenters. The number of carbonyl (C=O) groups is 1. The number of esters is 1. The number of ether oxygens (including phenoxy) is 1. The maximum atomic E-state index is 12.6. The minimum absolute atomic E-state index is 0.125. The molecule has 0 bridgehead atoms. The molecular weight excluding hydrogens is 384 g/mol. The first-order valence-electron chi connectivity index (χ1n) is 8.23. The van der Waals surface area contributed by atoms with Crippen LogP contribution in [0.25, 0.3) is 10.2 Å². The number of carbonyl (C=O) groups excluding carboxylic acids is 1. The van der Waals surface area contributed by atoms with Crippen LogP contribution in [0.4, 0.5) is 0 Å². The highest BCUT2D eigenvalue weighted by Crippen LogP contribution is 2.21. The molecule has 1 aromatic heterocycles. The maximum Gasteiger partial charge on any atom is 0.338 e. The van der Waals surface area contributed by atoms with E-state index < -0.39 is 16.0 Å². The van der Waals surface area contributed by atoms with Crippen molar-refractivity contribution in [3.05, 3.63) is 71.6 Å². The lowest BCUT2D eigenvalue weighted by Gasteiger charge is -2.03. The summed E-state index contributed by atoms with van der Waals surface area (Å²) in [5.74, 6) is -0.418. The fraction of sp³-hybridized carbons (Fsp3) is 0.158. The molecule has 0 fully saturated rings. The van der Waals surface area contributed by atoms with Crippen molar-refractivity contribution < 1.29 is 17.9 Å². The van der Waals surface area contributed by atoms with Crippen molar-refractivity contribution in [2.75, 3.05) is 6.61 Å². The molecule has 3 rings (SSSR count). The minimum atomic E-state index is -3.85. The molecule has 0 N–H and O–H groups in total. The van der Waals surface area contributed by atoms with Gasteiger partial charge in [-0.15, -0.1) is 11.0 Å². The molecular formula is C19H18N2O4S2. The molecule has 3 aromatic rings. The Balaban J connectivity index is 2.18. The number of hydrogen-bond donors (Lipinski definition) is 0. The van der Waals surface area contributed by atoms with Crippen LogP contribution in [0.3, 0.4) is 0 Å². The predicted octanol–water partition coefficient (Wildman–Crippen LogP) is 3.36. The van der Waals surface area contributed by atoms with Gasteiger partial charge >= 0.3 is 5.97 Å². The average molecular weight is 402 g/mol. The Kier molecular flexibility index (Phi) is 5.57. The number of allylic oxidation sites excluding steroid dienone is 1. The summed E-state index contributed by atoms with van der Waals surface area (Å²) in [6.45, 7) is 6.14. The highest BCUT2D eigenvalue weighted by molar-refractivity contribution is 7.90. The maximum absolute atomic E-state index is 12.6. The van der Waals surface area contributed by atoms with E-state index in [0.717, 1.165) is 10.2 Å². The number of sulfonamides is 1. The third kappa shape index (κ3) is 4.01. The van der Waals surface area contributed by atoms with E-state index in [1.807, 2.05) is 0 Å². The zero-order valence-corrected chi connectivity index (χ0v) is 16.3. The second-order valence-corrected chi connectivity index (χ2v) is 8.18. The van der Waals surface area contributed by atoms with E-state index >= 15 is 0 Å². The lowest BCUT2D eigenvalue weighted by Crippen LogP contribution is -2.16. The van der Waals surface area contributed by atoms with E-state index in [0.29, 0.717) is 16.9 Å². The van der Waals surface area contributed by atoms with Crippen LogP contribution in [0, 0.1) is 0 Å². The van der Waals surface area contributed by atoms with Crippen LogP contribution in [-0.4, -0.2) is 25.6 Å². The number of benzene rings is 2. The van der Waals surface area contributed by atoms with Crippen molar-refractivity contribution in [1.29, 1.82) is 0 Å². The summed E-state index contributed by atoms with van der Waals surface area (Å²) >= 11 is 1.20. The van der Waals surface area contributed by atoms with Crippen molar-refractivity contribution in [1.82, 2.24) is 4.57 Å². The Morgan fingerprint density at radius 2 is 2.00 bits per heavy atom. The summed E-state index contributed by atoms with van der Waals surface area (Å²) in [7, 11) is -3.85. The lowest BCUT2D eigenvalue weighted by atomic mass is 10.2. The molecule has 140 valence electrons. The second-order valence-electron chi connectivity index (χ2n) is 5.57. The van der Waals surface area contributed by atoms with E-state index in [1.54, 1.807) is 54.0 Å². The van der Waals surface area contributed by atoms with Crippen LogP contribution < -0.4 is 4.80 Å². The van der Waals surface area contributed by atoms with Crippen LogP contribution in [0.1, 0.15) is 17.3 Å². The monoisotopic (exact) mass is 402 g/mol. The molecule has 0 saturated carbocycles. The third-order valence-electron chi connectivity index (χ3n) is 3.74. The summed E-state index contributed by atoms with van der Waals surface area (Å²) in [6, 6.07) is 13.1. The van der Waals surface area contributed by atoms with Gasteiger partial charge in [-0.2, -0.15) is 8.42 Å². The largest absolute Gasteiger partial charge is 0.462 e. The summed E-state index contributed by atoms with van der Waals surface area (Å²) in [4.78, 5) is 12.4.